The molecule has 0 saturated heterocycles. The van der Waals surface area contributed by atoms with Crippen molar-refractivity contribution in [3.63, 3.8) is 0 Å². The molecule has 1 aliphatic carbocycles. The summed E-state index contributed by atoms with van der Waals surface area (Å²) in [7, 11) is 0. The van der Waals surface area contributed by atoms with Crippen LogP contribution in [-0.2, 0) is 11.3 Å². The molecule has 114 valence electrons. The van der Waals surface area contributed by atoms with Crippen LogP contribution in [0.1, 0.15) is 30.0 Å². The Hall–Kier alpha value is -1.84. The summed E-state index contributed by atoms with van der Waals surface area (Å²) < 4.78 is 0. The Morgan fingerprint density at radius 3 is 2.41 bits per heavy atom. The van der Waals surface area contributed by atoms with Crippen LogP contribution >= 0.6 is 11.6 Å². The molecule has 0 heterocycles. The highest BCUT2D eigenvalue weighted by atomic mass is 35.5. The molecule has 0 spiro atoms. The van der Waals surface area contributed by atoms with E-state index < -0.39 is 0 Å². The third-order valence-corrected chi connectivity index (χ3v) is 3.99. The van der Waals surface area contributed by atoms with Gasteiger partial charge in [0, 0.05) is 17.6 Å². The molecule has 2 N–H and O–H groups in total. The van der Waals surface area contributed by atoms with E-state index in [1.54, 1.807) is 0 Å². The number of nitrogens with one attached hydrogen (secondary N) is 2. The largest absolute Gasteiger partial charge is 0.352 e. The first-order chi connectivity index (χ1) is 10.7. The van der Waals surface area contributed by atoms with Gasteiger partial charge in [-0.05, 0) is 36.1 Å². The van der Waals surface area contributed by atoms with Crippen LogP contribution in [0.5, 0.6) is 0 Å². The Labute approximate surface area is 135 Å². The number of halogens is 1. The van der Waals surface area contributed by atoms with E-state index in [1.807, 2.05) is 54.6 Å². The normalized spacial score (nSPS) is 15.3. The summed E-state index contributed by atoms with van der Waals surface area (Å²) in [4.78, 5) is 12.5. The molecule has 3 rings (SSSR count). The van der Waals surface area contributed by atoms with E-state index in [0.717, 1.165) is 29.0 Å². The van der Waals surface area contributed by atoms with Crippen molar-refractivity contribution in [2.24, 2.45) is 0 Å². The van der Waals surface area contributed by atoms with E-state index in [9.17, 15) is 4.79 Å². The zero-order valence-electron chi connectivity index (χ0n) is 12.3. The smallest absolute Gasteiger partial charge is 0.241 e. The van der Waals surface area contributed by atoms with Gasteiger partial charge in [0.1, 0.15) is 6.04 Å². The second kappa shape index (κ2) is 6.95. The number of amides is 1. The van der Waals surface area contributed by atoms with Crippen molar-refractivity contribution in [1.29, 1.82) is 0 Å². The molecule has 1 unspecified atom stereocenters. The summed E-state index contributed by atoms with van der Waals surface area (Å²) >= 11 is 5.90. The third kappa shape index (κ3) is 4.09. The maximum Gasteiger partial charge on any atom is 0.241 e. The minimum absolute atomic E-state index is 0.0441. The Morgan fingerprint density at radius 2 is 1.77 bits per heavy atom. The van der Waals surface area contributed by atoms with Crippen molar-refractivity contribution in [2.45, 2.75) is 31.5 Å². The minimum Gasteiger partial charge on any atom is -0.352 e. The van der Waals surface area contributed by atoms with E-state index in [4.69, 9.17) is 11.6 Å². The van der Waals surface area contributed by atoms with Crippen LogP contribution in [-0.4, -0.2) is 11.9 Å². The van der Waals surface area contributed by atoms with Gasteiger partial charge in [-0.15, -0.1) is 0 Å². The predicted molar refractivity (Wildman–Crippen MR) is 88.6 cm³/mol. The van der Waals surface area contributed by atoms with E-state index in [2.05, 4.69) is 10.6 Å². The van der Waals surface area contributed by atoms with Gasteiger partial charge in [-0.2, -0.15) is 0 Å². The van der Waals surface area contributed by atoms with Crippen LogP contribution in [0.15, 0.2) is 54.6 Å². The molecule has 0 bridgehead atoms. The summed E-state index contributed by atoms with van der Waals surface area (Å²) in [5.74, 6) is 0.0441. The second-order valence-electron chi connectivity index (χ2n) is 5.63. The molecular weight excluding hydrogens is 296 g/mol. The fourth-order valence-electron chi connectivity index (χ4n) is 2.34. The van der Waals surface area contributed by atoms with E-state index in [1.165, 1.54) is 0 Å². The molecule has 2 aromatic rings. The SMILES string of the molecule is O=C(NC1CC1)C(NCc1ccc(Cl)cc1)c1ccccc1. The van der Waals surface area contributed by atoms with E-state index in [-0.39, 0.29) is 11.9 Å². The summed E-state index contributed by atoms with van der Waals surface area (Å²) in [6.45, 7) is 0.620. The fourth-order valence-corrected chi connectivity index (χ4v) is 2.47. The average Bonchev–Trinajstić information content (AvgIpc) is 3.34. The quantitative estimate of drug-likeness (QED) is 0.857. The highest BCUT2D eigenvalue weighted by Gasteiger charge is 2.28. The summed E-state index contributed by atoms with van der Waals surface area (Å²) in [5.41, 5.74) is 2.08. The van der Waals surface area contributed by atoms with Crippen LogP contribution in [0, 0.1) is 0 Å². The first-order valence-corrected chi connectivity index (χ1v) is 7.93. The zero-order chi connectivity index (χ0) is 15.4. The van der Waals surface area contributed by atoms with Gasteiger partial charge in [0.25, 0.3) is 0 Å². The van der Waals surface area contributed by atoms with Gasteiger partial charge >= 0.3 is 0 Å². The van der Waals surface area contributed by atoms with Crippen LogP contribution in [0.4, 0.5) is 0 Å². The molecular formula is C18H19ClN2O. The third-order valence-electron chi connectivity index (χ3n) is 3.74. The highest BCUT2D eigenvalue weighted by molar-refractivity contribution is 6.30. The Kier molecular flexibility index (Phi) is 4.76. The van der Waals surface area contributed by atoms with Crippen LogP contribution in [0.25, 0.3) is 0 Å². The van der Waals surface area contributed by atoms with Crippen LogP contribution in [0.2, 0.25) is 5.02 Å². The predicted octanol–water partition coefficient (Wildman–Crippen LogP) is 3.45. The van der Waals surface area contributed by atoms with E-state index in [0.29, 0.717) is 12.6 Å². The van der Waals surface area contributed by atoms with Crippen molar-refractivity contribution < 1.29 is 4.79 Å². The van der Waals surface area contributed by atoms with Gasteiger partial charge in [-0.3, -0.25) is 10.1 Å². The molecule has 22 heavy (non-hydrogen) atoms. The lowest BCUT2D eigenvalue weighted by Gasteiger charge is -2.19. The molecule has 1 aliphatic rings. The van der Waals surface area contributed by atoms with Crippen molar-refractivity contribution in [2.75, 3.05) is 0 Å². The minimum atomic E-state index is -0.336. The number of benzene rings is 2. The lowest BCUT2D eigenvalue weighted by Crippen LogP contribution is -2.38. The van der Waals surface area contributed by atoms with Gasteiger partial charge in [0.2, 0.25) is 5.91 Å². The molecule has 1 fully saturated rings. The first kappa shape index (κ1) is 15.1. The highest BCUT2D eigenvalue weighted by Crippen LogP contribution is 2.21. The van der Waals surface area contributed by atoms with Gasteiger partial charge in [0.05, 0.1) is 0 Å². The zero-order valence-corrected chi connectivity index (χ0v) is 13.0. The van der Waals surface area contributed by atoms with Gasteiger partial charge in [-0.25, -0.2) is 0 Å². The Morgan fingerprint density at radius 1 is 1.09 bits per heavy atom. The fraction of sp³-hybridized carbons (Fsp3) is 0.278. The Balaban J connectivity index is 1.70. The van der Waals surface area contributed by atoms with Crippen molar-refractivity contribution >= 4 is 17.5 Å². The van der Waals surface area contributed by atoms with Gasteiger partial charge < -0.3 is 5.32 Å². The topological polar surface area (TPSA) is 41.1 Å². The molecule has 1 amide bonds. The number of hydrogen-bond acceptors (Lipinski definition) is 2. The number of rotatable bonds is 6. The van der Waals surface area contributed by atoms with Crippen molar-refractivity contribution in [3.8, 4) is 0 Å². The molecule has 3 nitrogen and oxygen atoms in total. The monoisotopic (exact) mass is 314 g/mol. The second-order valence-corrected chi connectivity index (χ2v) is 6.07. The maximum absolute atomic E-state index is 12.5. The number of hydrogen-bond donors (Lipinski definition) is 2. The Bertz CT molecular complexity index is 623. The lowest BCUT2D eigenvalue weighted by molar-refractivity contribution is -0.123. The summed E-state index contributed by atoms with van der Waals surface area (Å²) in [6, 6.07) is 17.5. The van der Waals surface area contributed by atoms with Crippen LogP contribution < -0.4 is 10.6 Å². The van der Waals surface area contributed by atoms with Crippen molar-refractivity contribution in [3.05, 3.63) is 70.7 Å². The van der Waals surface area contributed by atoms with E-state index >= 15 is 0 Å². The molecule has 1 atom stereocenters. The standard InChI is InChI=1S/C18H19ClN2O/c19-15-8-6-13(7-9-15)12-20-17(14-4-2-1-3-5-14)18(22)21-16-10-11-16/h1-9,16-17,20H,10-12H2,(H,21,22). The molecule has 4 heteroatoms. The van der Waals surface area contributed by atoms with Gasteiger partial charge in [0.15, 0.2) is 0 Å². The molecule has 1 saturated carbocycles. The molecule has 2 aromatic carbocycles. The number of carbonyl (C=O) groups excluding carboxylic acids is 1. The van der Waals surface area contributed by atoms with Crippen molar-refractivity contribution in [1.82, 2.24) is 10.6 Å². The first-order valence-electron chi connectivity index (χ1n) is 7.55. The average molecular weight is 315 g/mol. The maximum atomic E-state index is 12.5. The molecule has 0 aromatic heterocycles. The molecule has 0 radical (unpaired) electrons. The summed E-state index contributed by atoms with van der Waals surface area (Å²) in [5, 5.41) is 7.14. The summed E-state index contributed by atoms with van der Waals surface area (Å²) in [6.07, 6.45) is 2.18. The molecule has 0 aliphatic heterocycles. The van der Waals surface area contributed by atoms with Gasteiger partial charge in [-0.1, -0.05) is 54.1 Å². The lowest BCUT2D eigenvalue weighted by atomic mass is 10.1. The van der Waals surface area contributed by atoms with Crippen LogP contribution in [0.3, 0.4) is 0 Å². The number of carbonyl (C=O) groups is 1.